The van der Waals surface area contributed by atoms with E-state index in [9.17, 15) is 34.8 Å². The lowest BCUT2D eigenvalue weighted by molar-refractivity contribution is -0.298. The number of aliphatic hydroxyl groups excluding tert-OH is 3. The Bertz CT molecular complexity index is 1240. The maximum Gasteiger partial charge on any atom is 0.335 e. The Morgan fingerprint density at radius 3 is 1.50 bits per heavy atom. The van der Waals surface area contributed by atoms with E-state index in [0.29, 0.717) is 12.8 Å². The van der Waals surface area contributed by atoms with Gasteiger partial charge in [0.2, 0.25) is 0 Å². The number of rotatable bonds is 35. The lowest BCUT2D eigenvalue weighted by Gasteiger charge is -2.38. The zero-order chi connectivity index (χ0) is 42.5. The third-order valence-electron chi connectivity index (χ3n) is 9.58. The highest BCUT2D eigenvalue weighted by atomic mass is 16.7. The first-order valence-electron chi connectivity index (χ1n) is 22.0. The molecule has 1 fully saturated rings. The largest absolute Gasteiger partial charge is 0.479 e. The van der Waals surface area contributed by atoms with Crippen LogP contribution < -0.4 is 0 Å². The molecule has 11 nitrogen and oxygen atoms in total. The van der Waals surface area contributed by atoms with E-state index in [-0.39, 0.29) is 19.4 Å². The number of unbranched alkanes of at least 4 members (excludes halogenated alkanes) is 12. The predicted octanol–water partition coefficient (Wildman–Crippen LogP) is 9.31. The van der Waals surface area contributed by atoms with Crippen LogP contribution in [0.4, 0.5) is 0 Å². The highest BCUT2D eigenvalue weighted by Crippen LogP contribution is 2.23. The average molecular weight is 817 g/mol. The number of aliphatic hydroxyl groups is 3. The van der Waals surface area contributed by atoms with Crippen LogP contribution in [0.1, 0.15) is 155 Å². The Hall–Kier alpha value is -3.35. The fourth-order valence-electron chi connectivity index (χ4n) is 6.14. The van der Waals surface area contributed by atoms with E-state index in [1.807, 2.05) is 12.2 Å². The second-order valence-corrected chi connectivity index (χ2v) is 14.8. The fraction of sp³-hybridized carbons (Fsp3) is 0.681. The van der Waals surface area contributed by atoms with E-state index < -0.39 is 61.3 Å². The van der Waals surface area contributed by atoms with Crippen molar-refractivity contribution in [1.82, 2.24) is 0 Å². The van der Waals surface area contributed by atoms with E-state index >= 15 is 0 Å². The Morgan fingerprint density at radius 1 is 0.552 bits per heavy atom. The number of hydrogen-bond donors (Lipinski definition) is 4. The second kappa shape index (κ2) is 36.7. The predicted molar refractivity (Wildman–Crippen MR) is 229 cm³/mol. The van der Waals surface area contributed by atoms with Gasteiger partial charge in [0.15, 0.2) is 18.5 Å². The van der Waals surface area contributed by atoms with Crippen molar-refractivity contribution in [2.45, 2.75) is 192 Å². The smallest absolute Gasteiger partial charge is 0.335 e. The maximum absolute atomic E-state index is 12.7. The lowest BCUT2D eigenvalue weighted by Crippen LogP contribution is -2.60. The van der Waals surface area contributed by atoms with Crippen molar-refractivity contribution in [3.05, 3.63) is 72.9 Å². The van der Waals surface area contributed by atoms with Crippen molar-refractivity contribution in [2.24, 2.45) is 0 Å². The molecule has 4 N–H and O–H groups in total. The van der Waals surface area contributed by atoms with Gasteiger partial charge >= 0.3 is 17.9 Å². The van der Waals surface area contributed by atoms with Crippen LogP contribution in [0.3, 0.4) is 0 Å². The first-order valence-corrected chi connectivity index (χ1v) is 22.0. The van der Waals surface area contributed by atoms with Crippen LogP contribution in [0.2, 0.25) is 0 Å². The van der Waals surface area contributed by atoms with Crippen molar-refractivity contribution < 1.29 is 53.8 Å². The van der Waals surface area contributed by atoms with Crippen LogP contribution in [-0.2, 0) is 33.3 Å². The van der Waals surface area contributed by atoms with Crippen LogP contribution in [0.5, 0.6) is 0 Å². The topological polar surface area (TPSA) is 169 Å². The quantitative estimate of drug-likeness (QED) is 0.0273. The zero-order valence-electron chi connectivity index (χ0n) is 35.5. The van der Waals surface area contributed by atoms with Crippen LogP contribution in [0.15, 0.2) is 72.9 Å². The number of hydrogen-bond acceptors (Lipinski definition) is 10. The standard InChI is InChI=1S/C47H76O11/c1-3-5-7-9-11-13-15-17-18-19-20-21-22-24-25-27-29-31-33-35-40(48)55-37-39(38-56-47-44(52)42(50)43(51)45(58-47)46(53)54)57-41(49)36-34-32-30-28-26-23-16-14-12-10-8-6-4-2/h5,7,11,13,17-18,20-21,24-25,29,31,39,42-45,47,50-52H,3-4,6,8-10,12,14-16,19,22-23,26-28,30,32-38H2,1-2H3,(H,53,54)/b7-5-,13-11-,18-17-,21-20-,25-24-,31-29-. The lowest BCUT2D eigenvalue weighted by atomic mass is 9.99. The van der Waals surface area contributed by atoms with Gasteiger partial charge in [0.05, 0.1) is 6.61 Å². The Balaban J connectivity index is 2.44. The molecule has 1 aliphatic heterocycles. The van der Waals surface area contributed by atoms with Crippen molar-refractivity contribution in [3.8, 4) is 0 Å². The molecule has 1 heterocycles. The molecule has 330 valence electrons. The fourth-order valence-corrected chi connectivity index (χ4v) is 6.14. The Morgan fingerprint density at radius 2 is 1.02 bits per heavy atom. The molecule has 1 rings (SSSR count). The van der Waals surface area contributed by atoms with Gasteiger partial charge in [-0.25, -0.2) is 4.79 Å². The summed E-state index contributed by atoms with van der Waals surface area (Å²) in [6, 6.07) is 0. The average Bonchev–Trinajstić information content (AvgIpc) is 3.21. The Labute approximate surface area is 348 Å². The first-order chi connectivity index (χ1) is 28.2. The van der Waals surface area contributed by atoms with Gasteiger partial charge in [-0.2, -0.15) is 0 Å². The number of allylic oxidation sites excluding steroid dienone is 12. The summed E-state index contributed by atoms with van der Waals surface area (Å²) in [7, 11) is 0. The third-order valence-corrected chi connectivity index (χ3v) is 9.58. The number of carboxylic acids is 1. The molecule has 0 aliphatic carbocycles. The summed E-state index contributed by atoms with van der Waals surface area (Å²) in [5, 5.41) is 39.8. The molecule has 1 aliphatic rings. The highest BCUT2D eigenvalue weighted by molar-refractivity contribution is 5.73. The molecule has 11 heteroatoms. The maximum atomic E-state index is 12.7. The minimum Gasteiger partial charge on any atom is -0.479 e. The van der Waals surface area contributed by atoms with Crippen molar-refractivity contribution in [2.75, 3.05) is 13.2 Å². The summed E-state index contributed by atoms with van der Waals surface area (Å²) >= 11 is 0. The minimum absolute atomic E-state index is 0.109. The summed E-state index contributed by atoms with van der Waals surface area (Å²) in [6.07, 6.45) is 36.8. The highest BCUT2D eigenvalue weighted by Gasteiger charge is 2.47. The molecule has 6 atom stereocenters. The molecule has 0 saturated carbocycles. The normalized spacial score (nSPS) is 20.7. The zero-order valence-corrected chi connectivity index (χ0v) is 35.5. The SMILES string of the molecule is CC/C=C\C/C=C\C/C=C\C/C=C\C/C=C\C/C=C\CCC(=O)OCC(COC1OC(C(=O)O)C(O)C(O)C1O)OC(=O)CCCCCCCCCCCCCCC. The number of ether oxygens (including phenoxy) is 4. The van der Waals surface area contributed by atoms with Crippen LogP contribution in [-0.4, -0.2) is 88.4 Å². The molecular formula is C47H76O11. The van der Waals surface area contributed by atoms with E-state index in [1.54, 1.807) is 0 Å². The minimum atomic E-state index is -1.87. The molecule has 0 radical (unpaired) electrons. The molecule has 0 bridgehead atoms. The van der Waals surface area contributed by atoms with E-state index in [1.165, 1.54) is 57.8 Å². The molecule has 6 unspecified atom stereocenters. The monoisotopic (exact) mass is 817 g/mol. The van der Waals surface area contributed by atoms with E-state index in [2.05, 4.69) is 74.6 Å². The number of carboxylic acid groups (broad SMARTS) is 1. The molecule has 0 spiro atoms. The second-order valence-electron chi connectivity index (χ2n) is 14.8. The van der Waals surface area contributed by atoms with Gasteiger partial charge in [0.1, 0.15) is 24.9 Å². The Kier molecular flexibility index (Phi) is 33.3. The number of esters is 2. The number of carbonyl (C=O) groups is 3. The van der Waals surface area contributed by atoms with Gasteiger partial charge in [-0.05, 0) is 51.4 Å². The summed E-state index contributed by atoms with van der Waals surface area (Å²) < 4.78 is 21.6. The molecular weight excluding hydrogens is 741 g/mol. The number of aliphatic carboxylic acids is 1. The van der Waals surface area contributed by atoms with Gasteiger partial charge in [0, 0.05) is 12.8 Å². The molecule has 0 aromatic carbocycles. The van der Waals surface area contributed by atoms with Crippen molar-refractivity contribution in [3.63, 3.8) is 0 Å². The molecule has 1 saturated heterocycles. The third kappa shape index (κ3) is 28.1. The van der Waals surface area contributed by atoms with Crippen LogP contribution in [0, 0.1) is 0 Å². The van der Waals surface area contributed by atoms with Gasteiger partial charge in [-0.3, -0.25) is 9.59 Å². The first kappa shape index (κ1) is 52.7. The number of carbonyl (C=O) groups excluding carboxylic acids is 2. The molecule has 0 amide bonds. The van der Waals surface area contributed by atoms with E-state index in [0.717, 1.165) is 57.8 Å². The van der Waals surface area contributed by atoms with Crippen molar-refractivity contribution >= 4 is 17.9 Å². The summed E-state index contributed by atoms with van der Waals surface area (Å²) in [5.41, 5.74) is 0. The van der Waals surface area contributed by atoms with Crippen LogP contribution in [0.25, 0.3) is 0 Å². The van der Waals surface area contributed by atoms with Crippen molar-refractivity contribution in [1.29, 1.82) is 0 Å². The van der Waals surface area contributed by atoms with Gasteiger partial charge in [-0.15, -0.1) is 0 Å². The summed E-state index contributed by atoms with van der Waals surface area (Å²) in [5.74, 6) is -2.56. The van der Waals surface area contributed by atoms with Gasteiger partial charge in [-0.1, -0.05) is 164 Å². The summed E-state index contributed by atoms with van der Waals surface area (Å²) in [4.78, 5) is 36.7. The van der Waals surface area contributed by atoms with Gasteiger partial charge in [0.25, 0.3) is 0 Å². The molecule has 0 aromatic heterocycles. The van der Waals surface area contributed by atoms with Crippen LogP contribution >= 0.6 is 0 Å². The summed E-state index contributed by atoms with van der Waals surface area (Å²) in [6.45, 7) is 3.62. The molecule has 58 heavy (non-hydrogen) atoms. The van der Waals surface area contributed by atoms with Gasteiger partial charge < -0.3 is 39.4 Å². The molecule has 0 aromatic rings. The van der Waals surface area contributed by atoms with E-state index in [4.69, 9.17) is 18.9 Å².